The third-order valence-corrected chi connectivity index (χ3v) is 4.94. The van der Waals surface area contributed by atoms with Crippen LogP contribution in [0.4, 0.5) is 0 Å². The summed E-state index contributed by atoms with van der Waals surface area (Å²) in [7, 11) is 0. The number of amides is 1. The molecule has 1 aliphatic rings. The Kier molecular flexibility index (Phi) is 5.34. The molecule has 3 aromatic rings. The van der Waals surface area contributed by atoms with Crippen LogP contribution in [-0.4, -0.2) is 28.8 Å². The second kappa shape index (κ2) is 8.24. The Morgan fingerprint density at radius 2 is 1.90 bits per heavy atom. The lowest BCUT2D eigenvalue weighted by Gasteiger charge is -2.19. The molecule has 4 rings (SSSR count). The number of aliphatic carboxylic acids is 1. The van der Waals surface area contributed by atoms with Crippen molar-refractivity contribution in [2.75, 3.05) is 6.79 Å². The third kappa shape index (κ3) is 4.10. The van der Waals surface area contributed by atoms with Gasteiger partial charge in [-0.05, 0) is 48.4 Å². The molecule has 1 aliphatic heterocycles. The monoisotopic (exact) mass is 404 g/mol. The van der Waals surface area contributed by atoms with Gasteiger partial charge in [0, 0.05) is 17.3 Å². The fourth-order valence-electron chi connectivity index (χ4n) is 3.42. The van der Waals surface area contributed by atoms with E-state index < -0.39 is 12.0 Å². The largest absolute Gasteiger partial charge is 0.481 e. The number of carboxylic acids is 1. The van der Waals surface area contributed by atoms with Crippen molar-refractivity contribution in [1.29, 1.82) is 0 Å². The third-order valence-electron chi connectivity index (χ3n) is 4.94. The van der Waals surface area contributed by atoms with Gasteiger partial charge in [0.15, 0.2) is 11.5 Å². The predicted molar refractivity (Wildman–Crippen MR) is 109 cm³/mol. The van der Waals surface area contributed by atoms with Gasteiger partial charge in [-0.3, -0.25) is 14.6 Å². The van der Waals surface area contributed by atoms with E-state index in [-0.39, 0.29) is 19.1 Å². The first-order valence-electron chi connectivity index (χ1n) is 9.45. The summed E-state index contributed by atoms with van der Waals surface area (Å²) in [6, 6.07) is 15.5. The van der Waals surface area contributed by atoms with E-state index in [9.17, 15) is 14.7 Å². The molecule has 0 saturated heterocycles. The molecule has 7 nitrogen and oxygen atoms in total. The van der Waals surface area contributed by atoms with E-state index in [1.165, 1.54) is 0 Å². The minimum absolute atomic E-state index is 0.179. The Morgan fingerprint density at radius 3 is 2.70 bits per heavy atom. The Hall–Kier alpha value is -3.87. The number of nitrogens with one attached hydrogen (secondary N) is 1. The second-order valence-electron chi connectivity index (χ2n) is 6.98. The van der Waals surface area contributed by atoms with Gasteiger partial charge in [-0.2, -0.15) is 0 Å². The Balaban J connectivity index is 1.59. The van der Waals surface area contributed by atoms with Crippen LogP contribution in [0, 0.1) is 6.92 Å². The minimum Gasteiger partial charge on any atom is -0.481 e. The smallest absolute Gasteiger partial charge is 0.305 e. The molecule has 1 atom stereocenters. The Morgan fingerprint density at radius 1 is 1.10 bits per heavy atom. The van der Waals surface area contributed by atoms with Gasteiger partial charge >= 0.3 is 5.97 Å². The summed E-state index contributed by atoms with van der Waals surface area (Å²) in [5.74, 6) is -0.0548. The molecule has 1 aromatic heterocycles. The molecule has 7 heteroatoms. The van der Waals surface area contributed by atoms with Gasteiger partial charge in [0.2, 0.25) is 6.79 Å². The van der Waals surface area contributed by atoms with Crippen LogP contribution in [0.15, 0.2) is 60.8 Å². The number of carbonyl (C=O) groups excluding carboxylic acids is 1. The molecule has 0 bridgehead atoms. The number of hydrogen-bond donors (Lipinski definition) is 2. The van der Waals surface area contributed by atoms with E-state index in [4.69, 9.17) is 9.47 Å². The SMILES string of the molecule is Cc1ccccc1[C@H](CC(=O)O)NC(=O)c1ccnc(-c2ccc3c(c2)OCO3)c1. The van der Waals surface area contributed by atoms with Crippen molar-refractivity contribution in [1.82, 2.24) is 10.3 Å². The van der Waals surface area contributed by atoms with Crippen molar-refractivity contribution in [3.05, 3.63) is 77.5 Å². The molecule has 0 spiro atoms. The summed E-state index contributed by atoms with van der Waals surface area (Å²) in [5, 5.41) is 12.2. The molecule has 2 N–H and O–H groups in total. The molecule has 0 saturated carbocycles. The number of rotatable bonds is 6. The van der Waals surface area contributed by atoms with Gasteiger partial charge in [0.1, 0.15) is 0 Å². The zero-order chi connectivity index (χ0) is 21.1. The highest BCUT2D eigenvalue weighted by atomic mass is 16.7. The fourth-order valence-corrected chi connectivity index (χ4v) is 3.42. The van der Waals surface area contributed by atoms with Gasteiger partial charge in [-0.1, -0.05) is 24.3 Å². The predicted octanol–water partition coefficient (Wildman–Crippen LogP) is 3.73. The maximum absolute atomic E-state index is 12.9. The summed E-state index contributed by atoms with van der Waals surface area (Å²) in [5.41, 5.74) is 3.47. The molecule has 0 unspecified atom stereocenters. The van der Waals surface area contributed by atoms with Gasteiger partial charge in [0.25, 0.3) is 5.91 Å². The van der Waals surface area contributed by atoms with E-state index >= 15 is 0 Å². The summed E-state index contributed by atoms with van der Waals surface area (Å²) in [4.78, 5) is 28.6. The fraction of sp³-hybridized carbons (Fsp3) is 0.174. The van der Waals surface area contributed by atoms with E-state index in [0.29, 0.717) is 22.8 Å². The van der Waals surface area contributed by atoms with Crippen molar-refractivity contribution >= 4 is 11.9 Å². The first-order valence-corrected chi connectivity index (χ1v) is 9.45. The van der Waals surface area contributed by atoms with Crippen molar-refractivity contribution in [3.63, 3.8) is 0 Å². The van der Waals surface area contributed by atoms with Crippen molar-refractivity contribution < 1.29 is 24.2 Å². The van der Waals surface area contributed by atoms with Crippen molar-refractivity contribution in [3.8, 4) is 22.8 Å². The molecular weight excluding hydrogens is 384 g/mol. The van der Waals surface area contributed by atoms with Crippen LogP contribution in [0.3, 0.4) is 0 Å². The zero-order valence-corrected chi connectivity index (χ0v) is 16.3. The first-order chi connectivity index (χ1) is 14.5. The molecule has 30 heavy (non-hydrogen) atoms. The average molecular weight is 404 g/mol. The summed E-state index contributed by atoms with van der Waals surface area (Å²) in [6.07, 6.45) is 1.34. The van der Waals surface area contributed by atoms with Gasteiger partial charge in [-0.15, -0.1) is 0 Å². The van der Waals surface area contributed by atoms with Gasteiger partial charge < -0.3 is 19.9 Å². The van der Waals surface area contributed by atoms with Crippen molar-refractivity contribution in [2.24, 2.45) is 0 Å². The number of pyridine rings is 1. The highest BCUT2D eigenvalue weighted by molar-refractivity contribution is 5.95. The Bertz CT molecular complexity index is 1110. The zero-order valence-electron chi connectivity index (χ0n) is 16.3. The number of hydrogen-bond acceptors (Lipinski definition) is 5. The van der Waals surface area contributed by atoms with E-state index in [1.807, 2.05) is 43.3 Å². The molecule has 1 amide bonds. The molecule has 0 aliphatic carbocycles. The van der Waals surface area contributed by atoms with E-state index in [2.05, 4.69) is 10.3 Å². The van der Waals surface area contributed by atoms with Crippen LogP contribution in [0.1, 0.15) is 33.9 Å². The molecular formula is C23H20N2O5. The standard InChI is InChI=1S/C23H20N2O5/c1-14-4-2-3-5-17(14)19(12-22(26)27)25-23(28)16-8-9-24-18(10-16)15-6-7-20-21(11-15)30-13-29-20/h2-11,19H,12-13H2,1H3,(H,25,28)(H,26,27)/t19-/m0/s1. The maximum Gasteiger partial charge on any atom is 0.305 e. The first kappa shape index (κ1) is 19.4. The summed E-state index contributed by atoms with van der Waals surface area (Å²) < 4.78 is 10.7. The number of aryl methyl sites for hydroxylation is 1. The number of benzene rings is 2. The lowest BCUT2D eigenvalue weighted by Crippen LogP contribution is -2.30. The van der Waals surface area contributed by atoms with Crippen LogP contribution in [0.2, 0.25) is 0 Å². The number of aromatic nitrogens is 1. The topological polar surface area (TPSA) is 97.8 Å². The average Bonchev–Trinajstić information content (AvgIpc) is 3.21. The van der Waals surface area contributed by atoms with Crippen LogP contribution in [0.25, 0.3) is 11.3 Å². The van der Waals surface area contributed by atoms with E-state index in [1.54, 1.807) is 24.4 Å². The molecule has 0 fully saturated rings. The number of carbonyl (C=O) groups is 2. The molecule has 0 radical (unpaired) electrons. The number of carboxylic acid groups (broad SMARTS) is 1. The summed E-state index contributed by atoms with van der Waals surface area (Å²) >= 11 is 0. The maximum atomic E-state index is 12.9. The Labute approximate surface area is 173 Å². The molecule has 2 aromatic carbocycles. The second-order valence-corrected chi connectivity index (χ2v) is 6.98. The van der Waals surface area contributed by atoms with Gasteiger partial charge in [-0.25, -0.2) is 0 Å². The summed E-state index contributed by atoms with van der Waals surface area (Å²) in [6.45, 7) is 2.07. The quantitative estimate of drug-likeness (QED) is 0.650. The van der Waals surface area contributed by atoms with Crippen LogP contribution in [-0.2, 0) is 4.79 Å². The van der Waals surface area contributed by atoms with Crippen LogP contribution < -0.4 is 14.8 Å². The highest BCUT2D eigenvalue weighted by Crippen LogP contribution is 2.35. The van der Waals surface area contributed by atoms with E-state index in [0.717, 1.165) is 16.7 Å². The number of fused-ring (bicyclic) bond motifs is 1. The highest BCUT2D eigenvalue weighted by Gasteiger charge is 2.21. The van der Waals surface area contributed by atoms with Crippen LogP contribution in [0.5, 0.6) is 11.5 Å². The molecule has 2 heterocycles. The lowest BCUT2D eigenvalue weighted by atomic mass is 9.98. The van der Waals surface area contributed by atoms with Gasteiger partial charge in [0.05, 0.1) is 18.2 Å². The normalized spacial score (nSPS) is 13.0. The van der Waals surface area contributed by atoms with Crippen molar-refractivity contribution in [2.45, 2.75) is 19.4 Å². The number of ether oxygens (including phenoxy) is 2. The van der Waals surface area contributed by atoms with Crippen LogP contribution >= 0.6 is 0 Å². The minimum atomic E-state index is -0.987. The lowest BCUT2D eigenvalue weighted by molar-refractivity contribution is -0.137. The number of nitrogens with zero attached hydrogens (tertiary/aromatic N) is 1. The molecule has 152 valence electrons.